The van der Waals surface area contributed by atoms with E-state index >= 15 is 0 Å². The number of carbonyl (C=O) groups is 1. The summed E-state index contributed by atoms with van der Waals surface area (Å²) in [6.45, 7) is 5.94. The van der Waals surface area contributed by atoms with Gasteiger partial charge >= 0.3 is 133 Å². The van der Waals surface area contributed by atoms with E-state index in [9.17, 15) is 9.90 Å². The van der Waals surface area contributed by atoms with Gasteiger partial charge in [0.1, 0.15) is 0 Å². The topological polar surface area (TPSA) is 37.3 Å². The molecule has 2 rings (SSSR count). The summed E-state index contributed by atoms with van der Waals surface area (Å²) in [6.07, 6.45) is 4.64. The Labute approximate surface area is 132 Å². The number of fused-ring (bicyclic) bond motifs is 1. The molecular weight excluding hydrogens is 440 g/mol. The Hall–Kier alpha value is -1.31. The van der Waals surface area contributed by atoms with Crippen molar-refractivity contribution in [1.29, 1.82) is 0 Å². The van der Waals surface area contributed by atoms with Crippen molar-refractivity contribution in [2.24, 2.45) is 0 Å². The van der Waals surface area contributed by atoms with Crippen LogP contribution in [0.15, 0.2) is 47.9 Å². The third kappa shape index (κ3) is 3.22. The molecule has 1 N–H and O–H groups in total. The first-order chi connectivity index (χ1) is 9.52. The monoisotopic (exact) mass is 454 g/mol. The zero-order valence-corrected chi connectivity index (χ0v) is 14.8. The van der Waals surface area contributed by atoms with Crippen molar-refractivity contribution in [3.05, 3.63) is 53.4 Å². The van der Waals surface area contributed by atoms with Crippen LogP contribution in [-0.4, -0.2) is 14.8 Å². The predicted molar refractivity (Wildman–Crippen MR) is 81.4 cm³/mol. The van der Waals surface area contributed by atoms with E-state index in [1.54, 1.807) is 18.2 Å². The SMILES string of the molecule is C=C(/C=C\[C](=[W])C(=O)c1csc2cc(O)ccc12)CC. The molecule has 0 spiro atoms. The molecule has 1 aromatic carbocycles. The van der Waals surface area contributed by atoms with Crippen LogP contribution >= 0.6 is 11.3 Å². The molecule has 0 amide bonds. The maximum atomic E-state index is 12.5. The van der Waals surface area contributed by atoms with Gasteiger partial charge in [-0.25, -0.2) is 0 Å². The Morgan fingerprint density at radius 2 is 2.20 bits per heavy atom. The van der Waals surface area contributed by atoms with Gasteiger partial charge in [0, 0.05) is 0 Å². The van der Waals surface area contributed by atoms with Crippen LogP contribution < -0.4 is 0 Å². The molecule has 0 bridgehead atoms. The number of hydrogen-bond donors (Lipinski definition) is 1. The number of phenols is 1. The first-order valence-electron chi connectivity index (χ1n) is 6.17. The normalized spacial score (nSPS) is 11.1. The quantitative estimate of drug-likeness (QED) is 0.548. The number of phenolic OH excluding ortho intramolecular Hbond substituents is 1. The van der Waals surface area contributed by atoms with E-state index in [1.807, 2.05) is 24.5 Å². The van der Waals surface area contributed by atoms with Gasteiger partial charge in [0.2, 0.25) is 0 Å². The van der Waals surface area contributed by atoms with Crippen LogP contribution in [0.2, 0.25) is 0 Å². The number of Topliss-reactive ketones (excluding diaryl/α,β-unsaturated/α-hetero) is 1. The molecule has 2 aromatic rings. The van der Waals surface area contributed by atoms with Gasteiger partial charge in [-0.15, -0.1) is 0 Å². The second-order valence-corrected chi connectivity index (χ2v) is 6.86. The molecule has 4 heteroatoms. The zero-order valence-electron chi connectivity index (χ0n) is 11.1. The molecule has 0 unspecified atom stereocenters. The van der Waals surface area contributed by atoms with Crippen molar-refractivity contribution >= 4 is 31.1 Å². The number of aromatic hydroxyl groups is 1. The summed E-state index contributed by atoms with van der Waals surface area (Å²) in [7, 11) is 0. The predicted octanol–water partition coefficient (Wildman–Crippen LogP) is 4.03. The second kappa shape index (κ2) is 6.43. The molecule has 1 aromatic heterocycles. The summed E-state index contributed by atoms with van der Waals surface area (Å²) >= 11 is 2.62. The first-order valence-corrected chi connectivity index (χ1v) is 8.52. The molecule has 0 aliphatic rings. The summed E-state index contributed by atoms with van der Waals surface area (Å²) in [5.41, 5.74) is 1.72. The number of hydrogen-bond acceptors (Lipinski definition) is 3. The van der Waals surface area contributed by atoms with E-state index in [2.05, 4.69) is 6.58 Å². The van der Waals surface area contributed by atoms with Gasteiger partial charge < -0.3 is 0 Å². The molecule has 20 heavy (non-hydrogen) atoms. The van der Waals surface area contributed by atoms with Crippen molar-refractivity contribution in [3.8, 4) is 5.75 Å². The van der Waals surface area contributed by atoms with Gasteiger partial charge in [-0.2, -0.15) is 0 Å². The number of allylic oxidation sites excluding steroid dienone is 3. The van der Waals surface area contributed by atoms with Gasteiger partial charge in [0.05, 0.1) is 0 Å². The van der Waals surface area contributed by atoms with E-state index < -0.39 is 0 Å². The summed E-state index contributed by atoms with van der Waals surface area (Å²) in [5.74, 6) is 0.279. The summed E-state index contributed by atoms with van der Waals surface area (Å²) < 4.78 is 1.70. The molecule has 0 aliphatic carbocycles. The maximum absolute atomic E-state index is 12.5. The summed E-state index contributed by atoms with van der Waals surface area (Å²) in [6, 6.07) is 5.10. The van der Waals surface area contributed by atoms with Crippen molar-refractivity contribution in [2.45, 2.75) is 13.3 Å². The molecule has 0 aliphatic heterocycles. The summed E-state index contributed by atoms with van der Waals surface area (Å²) in [5, 5.41) is 12.2. The fourth-order valence-electron chi connectivity index (χ4n) is 1.71. The fraction of sp³-hybridized carbons (Fsp3) is 0.125. The molecule has 0 saturated carbocycles. The van der Waals surface area contributed by atoms with E-state index in [0.29, 0.717) is 5.56 Å². The van der Waals surface area contributed by atoms with E-state index in [1.165, 1.54) is 11.3 Å². The van der Waals surface area contributed by atoms with Crippen molar-refractivity contribution in [2.75, 3.05) is 0 Å². The number of carbonyl (C=O) groups excluding carboxylic acids is 1. The molecular formula is C16H14O2SW. The van der Waals surface area contributed by atoms with E-state index in [-0.39, 0.29) is 11.5 Å². The standard InChI is InChI=1S/C16H14O2S.W/c1-3-11(2)5-4-6-15(18)14-10-19-16-9-12(17)7-8-13(14)16;/h4-5,7-10,17H,2-3H2,1H3;/b5-4-;. The number of thiophene rings is 1. The second-order valence-electron chi connectivity index (χ2n) is 4.37. The molecule has 0 atom stereocenters. The fourth-order valence-corrected chi connectivity index (χ4v) is 3.32. The van der Waals surface area contributed by atoms with Crippen LogP contribution in [0.3, 0.4) is 0 Å². The van der Waals surface area contributed by atoms with Crippen molar-refractivity contribution in [1.82, 2.24) is 0 Å². The minimum atomic E-state index is 0.0529. The average molecular weight is 454 g/mol. The Bertz CT molecular complexity index is 725. The number of rotatable bonds is 5. The minimum absolute atomic E-state index is 0.0529. The van der Waals surface area contributed by atoms with Crippen LogP contribution in [-0.2, 0) is 19.4 Å². The van der Waals surface area contributed by atoms with Gasteiger partial charge in [0.25, 0.3) is 0 Å². The van der Waals surface area contributed by atoms with Gasteiger partial charge in [-0.1, -0.05) is 0 Å². The van der Waals surface area contributed by atoms with Crippen LogP contribution in [0.25, 0.3) is 10.1 Å². The zero-order chi connectivity index (χ0) is 14.7. The van der Waals surface area contributed by atoms with Crippen molar-refractivity contribution < 1.29 is 29.3 Å². The van der Waals surface area contributed by atoms with E-state index in [0.717, 1.165) is 45.3 Å². The van der Waals surface area contributed by atoms with Gasteiger partial charge in [0.15, 0.2) is 0 Å². The Balaban J connectivity index is 2.30. The van der Waals surface area contributed by atoms with Crippen LogP contribution in [0, 0.1) is 0 Å². The molecule has 1 heterocycles. The Morgan fingerprint density at radius 3 is 2.90 bits per heavy atom. The molecule has 2 nitrogen and oxygen atoms in total. The van der Waals surface area contributed by atoms with Crippen LogP contribution in [0.5, 0.6) is 5.75 Å². The van der Waals surface area contributed by atoms with Gasteiger partial charge in [-0.3, -0.25) is 0 Å². The van der Waals surface area contributed by atoms with Crippen molar-refractivity contribution in [3.63, 3.8) is 0 Å². The summed E-state index contributed by atoms with van der Waals surface area (Å²) in [4.78, 5) is 12.5. The molecule has 0 fully saturated rings. The first kappa shape index (κ1) is 15.1. The van der Waals surface area contributed by atoms with Crippen LogP contribution in [0.1, 0.15) is 23.7 Å². The van der Waals surface area contributed by atoms with E-state index in [4.69, 9.17) is 0 Å². The molecule has 0 saturated heterocycles. The Morgan fingerprint density at radius 1 is 1.45 bits per heavy atom. The number of ketones is 1. The molecule has 102 valence electrons. The average Bonchev–Trinajstić information content (AvgIpc) is 2.86. The van der Waals surface area contributed by atoms with Crippen LogP contribution in [0.4, 0.5) is 0 Å². The van der Waals surface area contributed by atoms with Gasteiger partial charge in [-0.05, 0) is 0 Å². The third-order valence-corrected chi connectivity index (χ3v) is 5.05. The third-order valence-electron chi connectivity index (χ3n) is 2.95. The molecule has 0 radical (unpaired) electrons. The number of benzene rings is 1. The Kier molecular flexibility index (Phi) is 4.85.